The highest BCUT2D eigenvalue weighted by atomic mass is 127. The molecule has 0 saturated carbocycles. The quantitative estimate of drug-likeness (QED) is 0.0185. The molecule has 0 aromatic carbocycles. The van der Waals surface area contributed by atoms with Gasteiger partial charge in [-0.1, -0.05) is 149 Å². The number of hydrogen-bond acceptors (Lipinski definition) is 0. The largest absolute Gasteiger partial charge is 0.303 e. The van der Waals surface area contributed by atoms with Crippen molar-refractivity contribution < 1.29 is 4.48 Å². The van der Waals surface area contributed by atoms with Crippen molar-refractivity contribution in [2.75, 3.05) is 19.6 Å². The van der Waals surface area contributed by atoms with Gasteiger partial charge in [-0.05, 0) is 60.6 Å². The third-order valence-corrected chi connectivity index (χ3v) is 10.3. The summed E-state index contributed by atoms with van der Waals surface area (Å²) in [5.41, 5.74) is 0. The summed E-state index contributed by atoms with van der Waals surface area (Å²) in [7, 11) is 0. The number of rotatable bonds is 30. The minimum absolute atomic E-state index is 0.687. The summed E-state index contributed by atoms with van der Waals surface area (Å²) in [6, 6.07) is 0. The van der Waals surface area contributed by atoms with Crippen LogP contribution in [0.4, 0.5) is 0 Å². The van der Waals surface area contributed by atoms with Crippen LogP contribution in [-0.4, -0.2) is 28.2 Å². The highest BCUT2D eigenvalue weighted by molar-refractivity contribution is 14.1. The van der Waals surface area contributed by atoms with E-state index in [0.29, 0.717) is 4.05 Å². The summed E-state index contributed by atoms with van der Waals surface area (Å²) < 4.78 is 1.88. The van der Waals surface area contributed by atoms with Crippen LogP contribution in [0.15, 0.2) is 0 Å². The van der Waals surface area contributed by atoms with Crippen LogP contribution in [-0.2, 0) is 0 Å². The summed E-state index contributed by atoms with van der Waals surface area (Å²) in [6.07, 6.45) is 42.6. The maximum Gasteiger partial charge on any atom is 0.141 e. The Morgan fingerprint density at radius 3 is 1.11 bits per heavy atom. The van der Waals surface area contributed by atoms with E-state index >= 15 is 0 Å². The topological polar surface area (TPSA) is 0 Å². The normalized spacial score (nSPS) is 12.6. The van der Waals surface area contributed by atoms with Gasteiger partial charge in [0, 0.05) is 6.42 Å². The Morgan fingerprint density at radius 2 is 0.784 bits per heavy atom. The van der Waals surface area contributed by atoms with E-state index in [0.717, 1.165) is 6.54 Å². The highest BCUT2D eigenvalue weighted by Gasteiger charge is 2.33. The minimum atomic E-state index is 0.687. The van der Waals surface area contributed by atoms with E-state index in [-0.39, 0.29) is 0 Å². The zero-order valence-corrected chi connectivity index (χ0v) is 28.1. The molecule has 0 rings (SSSR count). The SMILES string of the molecule is C#CC[N+](CCCCCCCCCC)(CCCCCCCCCC)C(I)CCCCCCCCCCC. The molecule has 0 aliphatic rings. The maximum atomic E-state index is 6.02. The van der Waals surface area contributed by atoms with Gasteiger partial charge in [0.15, 0.2) is 0 Å². The van der Waals surface area contributed by atoms with E-state index in [9.17, 15) is 0 Å². The first-order valence-corrected chi connectivity index (χ1v) is 18.3. The molecule has 0 N–H and O–H groups in total. The third kappa shape index (κ3) is 22.7. The Balaban J connectivity index is 4.57. The second kappa shape index (κ2) is 29.2. The van der Waals surface area contributed by atoms with Crippen molar-refractivity contribution in [2.24, 2.45) is 0 Å². The Bertz CT molecular complexity index is 462. The van der Waals surface area contributed by atoms with Crippen LogP contribution in [0.25, 0.3) is 0 Å². The van der Waals surface area contributed by atoms with Gasteiger partial charge in [0.2, 0.25) is 0 Å². The average Bonchev–Trinajstić information content (AvgIpc) is 2.90. The zero-order chi connectivity index (χ0) is 27.3. The summed E-state index contributed by atoms with van der Waals surface area (Å²) in [4.78, 5) is 0. The molecule has 0 saturated heterocycles. The van der Waals surface area contributed by atoms with Crippen molar-refractivity contribution in [3.63, 3.8) is 0 Å². The molecule has 220 valence electrons. The second-order valence-corrected chi connectivity index (χ2v) is 13.5. The molecule has 1 unspecified atom stereocenters. The number of hydrogen-bond donors (Lipinski definition) is 0. The molecule has 0 fully saturated rings. The molecule has 1 nitrogen and oxygen atoms in total. The average molecular weight is 631 g/mol. The van der Waals surface area contributed by atoms with Crippen LogP contribution >= 0.6 is 22.6 Å². The fourth-order valence-electron chi connectivity index (χ4n) is 5.85. The molecular weight excluding hydrogens is 561 g/mol. The van der Waals surface area contributed by atoms with Crippen LogP contribution in [0.1, 0.15) is 188 Å². The lowest BCUT2D eigenvalue weighted by molar-refractivity contribution is -0.928. The molecule has 1 atom stereocenters. The Hall–Kier alpha value is 0.250. The molecule has 0 amide bonds. The van der Waals surface area contributed by atoms with Crippen LogP contribution in [0.3, 0.4) is 0 Å². The number of unbranched alkanes of at least 4 members (excludes halogenated alkanes) is 22. The third-order valence-electron chi connectivity index (χ3n) is 8.46. The van der Waals surface area contributed by atoms with Gasteiger partial charge in [0.1, 0.15) is 10.6 Å². The maximum absolute atomic E-state index is 6.02. The Kier molecular flexibility index (Phi) is 29.4. The van der Waals surface area contributed by atoms with E-state index in [1.165, 1.54) is 185 Å². The Labute approximate surface area is 249 Å². The molecule has 37 heavy (non-hydrogen) atoms. The van der Waals surface area contributed by atoms with Crippen LogP contribution in [0.2, 0.25) is 0 Å². The van der Waals surface area contributed by atoms with Crippen molar-refractivity contribution in [1.82, 2.24) is 0 Å². The smallest absolute Gasteiger partial charge is 0.141 e. The van der Waals surface area contributed by atoms with Crippen LogP contribution < -0.4 is 0 Å². The summed E-state index contributed by atoms with van der Waals surface area (Å²) >= 11 is 2.81. The molecule has 0 heterocycles. The predicted molar refractivity (Wildman–Crippen MR) is 179 cm³/mol. The minimum Gasteiger partial charge on any atom is -0.303 e. The number of quaternary nitrogens is 1. The molecular formula is C35H69IN+. The number of alkyl halides is 1. The van der Waals surface area contributed by atoms with E-state index < -0.39 is 0 Å². The van der Waals surface area contributed by atoms with E-state index in [1.54, 1.807) is 0 Å². The highest BCUT2D eigenvalue weighted by Crippen LogP contribution is 2.28. The van der Waals surface area contributed by atoms with Gasteiger partial charge in [-0.2, -0.15) is 0 Å². The standard InChI is InChI=1S/C35H69IN/c1-5-9-12-15-18-21-22-25-28-31-35(36)37(32-8-4,33-29-26-23-19-16-13-10-6-2)34-30-27-24-20-17-14-11-7-3/h4,35H,5-7,9-34H2,1-3H3/q+1. The summed E-state index contributed by atoms with van der Waals surface area (Å²) in [5, 5.41) is 0. The van der Waals surface area contributed by atoms with Gasteiger partial charge in [0.05, 0.1) is 13.1 Å². The zero-order valence-electron chi connectivity index (χ0n) is 26.0. The van der Waals surface area contributed by atoms with Crippen molar-refractivity contribution in [3.05, 3.63) is 0 Å². The van der Waals surface area contributed by atoms with Gasteiger partial charge in [-0.25, -0.2) is 0 Å². The summed E-state index contributed by atoms with van der Waals surface area (Å²) in [5.74, 6) is 3.14. The molecule has 0 radical (unpaired) electrons. The van der Waals surface area contributed by atoms with Crippen LogP contribution in [0, 0.1) is 12.3 Å². The van der Waals surface area contributed by atoms with Crippen molar-refractivity contribution >= 4 is 22.6 Å². The first-order valence-electron chi connectivity index (χ1n) is 17.1. The Morgan fingerprint density at radius 1 is 0.486 bits per heavy atom. The summed E-state index contributed by atoms with van der Waals surface area (Å²) in [6.45, 7) is 10.5. The fraction of sp³-hybridized carbons (Fsp3) is 0.943. The number of terminal acetylenes is 1. The monoisotopic (exact) mass is 630 g/mol. The van der Waals surface area contributed by atoms with Gasteiger partial charge >= 0.3 is 0 Å². The fourth-order valence-corrected chi connectivity index (χ4v) is 7.04. The first kappa shape index (κ1) is 37.2. The van der Waals surface area contributed by atoms with Crippen LogP contribution in [0.5, 0.6) is 0 Å². The van der Waals surface area contributed by atoms with E-state index in [1.807, 2.05) is 0 Å². The van der Waals surface area contributed by atoms with E-state index in [4.69, 9.17) is 6.42 Å². The molecule has 0 bridgehead atoms. The molecule has 0 aliphatic carbocycles. The van der Waals surface area contributed by atoms with Gasteiger partial charge < -0.3 is 4.48 Å². The lowest BCUT2D eigenvalue weighted by atomic mass is 10.0. The molecule has 0 aromatic heterocycles. The van der Waals surface area contributed by atoms with Crippen molar-refractivity contribution in [2.45, 2.75) is 192 Å². The molecule has 2 heteroatoms. The van der Waals surface area contributed by atoms with Gasteiger partial charge in [0.25, 0.3) is 0 Å². The molecule has 0 spiro atoms. The van der Waals surface area contributed by atoms with Crippen molar-refractivity contribution in [1.29, 1.82) is 0 Å². The molecule has 0 aromatic rings. The van der Waals surface area contributed by atoms with Crippen molar-refractivity contribution in [3.8, 4) is 12.3 Å². The lowest BCUT2D eigenvalue weighted by Crippen LogP contribution is -2.54. The number of halogens is 1. The van der Waals surface area contributed by atoms with Gasteiger partial charge in [-0.3, -0.25) is 0 Å². The lowest BCUT2D eigenvalue weighted by Gasteiger charge is -2.42. The van der Waals surface area contributed by atoms with Gasteiger partial charge in [-0.15, -0.1) is 6.42 Å². The predicted octanol–water partition coefficient (Wildman–Crippen LogP) is 12.4. The van der Waals surface area contributed by atoms with E-state index in [2.05, 4.69) is 49.3 Å². The molecule has 0 aliphatic heterocycles. The second-order valence-electron chi connectivity index (χ2n) is 12.0. The first-order chi connectivity index (χ1) is 18.2. The number of nitrogens with zero attached hydrogens (tertiary/aromatic N) is 1.